The molecule has 0 radical (unpaired) electrons. The average Bonchev–Trinajstić information content (AvgIpc) is 2.79. The van der Waals surface area contributed by atoms with Crippen LogP contribution in [0.4, 0.5) is 17.5 Å². The molecule has 1 fully saturated rings. The van der Waals surface area contributed by atoms with Gasteiger partial charge in [-0.25, -0.2) is 4.98 Å². The highest BCUT2D eigenvalue weighted by Crippen LogP contribution is 2.34. The summed E-state index contributed by atoms with van der Waals surface area (Å²) >= 11 is 0. The average molecular weight is 441 g/mol. The molecule has 0 aliphatic heterocycles. The number of nitrogen functional groups attached to an aromatic ring is 1. The molecule has 1 aliphatic rings. The second-order valence-corrected chi connectivity index (χ2v) is 8.94. The largest absolute Gasteiger partial charge is 0.378 e. The summed E-state index contributed by atoms with van der Waals surface area (Å²) in [5.41, 5.74) is 14.5. The van der Waals surface area contributed by atoms with Gasteiger partial charge in [0.15, 0.2) is 0 Å². The van der Waals surface area contributed by atoms with Gasteiger partial charge in [-0.2, -0.15) is 4.98 Å². The molecule has 2 aromatic rings. The first kappa shape index (κ1) is 23.9. The Bertz CT molecular complexity index is 879. The van der Waals surface area contributed by atoms with Crippen molar-refractivity contribution in [1.29, 1.82) is 0 Å². The summed E-state index contributed by atoms with van der Waals surface area (Å²) in [5.74, 6) is 1.18. The maximum atomic E-state index is 11.6. The molecule has 0 unspecified atom stereocenters. The van der Waals surface area contributed by atoms with Gasteiger partial charge in [0.2, 0.25) is 11.8 Å². The lowest BCUT2D eigenvalue weighted by Gasteiger charge is -2.27. The molecule has 32 heavy (non-hydrogen) atoms. The molecule has 0 atom stereocenters. The minimum atomic E-state index is -0.461. The third-order valence-electron chi connectivity index (χ3n) is 6.49. The number of hydrogen-bond donors (Lipinski definition) is 3. The molecule has 174 valence electrons. The minimum absolute atomic E-state index is 0.0792. The molecule has 0 spiro atoms. The highest BCUT2D eigenvalue weighted by atomic mass is 16.6. The van der Waals surface area contributed by atoms with E-state index in [4.69, 9.17) is 11.5 Å². The predicted molar refractivity (Wildman–Crippen MR) is 128 cm³/mol. The third kappa shape index (κ3) is 6.63. The second-order valence-electron chi connectivity index (χ2n) is 8.94. The Morgan fingerprint density at radius 2 is 1.72 bits per heavy atom. The van der Waals surface area contributed by atoms with Crippen molar-refractivity contribution >= 4 is 17.5 Å². The Morgan fingerprint density at radius 1 is 1.06 bits per heavy atom. The van der Waals surface area contributed by atoms with E-state index in [1.807, 2.05) is 0 Å². The molecule has 0 bridgehead atoms. The SMILES string of the molecule is CCCCCc1ccc(CNc2nc(N)c([N+](=O)[O-])c(CC3CCC(CN)CC3)n2)cc1. The van der Waals surface area contributed by atoms with E-state index in [2.05, 4.69) is 46.5 Å². The molecule has 8 heteroatoms. The zero-order valence-corrected chi connectivity index (χ0v) is 19.1. The molecule has 3 rings (SSSR count). The number of nitro groups is 1. The van der Waals surface area contributed by atoms with Gasteiger partial charge in [0, 0.05) is 6.54 Å². The van der Waals surface area contributed by atoms with Crippen molar-refractivity contribution in [3.63, 3.8) is 0 Å². The quantitative estimate of drug-likeness (QED) is 0.264. The van der Waals surface area contributed by atoms with E-state index in [1.165, 1.54) is 24.8 Å². The molecular weight excluding hydrogens is 404 g/mol. The van der Waals surface area contributed by atoms with Crippen molar-refractivity contribution in [1.82, 2.24) is 9.97 Å². The van der Waals surface area contributed by atoms with E-state index in [0.29, 0.717) is 43.0 Å². The zero-order valence-electron chi connectivity index (χ0n) is 19.1. The number of unbranched alkanes of at least 4 members (excludes halogenated alkanes) is 2. The van der Waals surface area contributed by atoms with Gasteiger partial charge in [0.05, 0.1) is 4.92 Å². The number of anilines is 2. The minimum Gasteiger partial charge on any atom is -0.378 e. The maximum Gasteiger partial charge on any atom is 0.332 e. The first-order valence-electron chi connectivity index (χ1n) is 11.8. The van der Waals surface area contributed by atoms with Gasteiger partial charge < -0.3 is 16.8 Å². The molecule has 1 saturated carbocycles. The number of rotatable bonds is 11. The fourth-order valence-corrected chi connectivity index (χ4v) is 4.47. The number of hydrogen-bond acceptors (Lipinski definition) is 7. The van der Waals surface area contributed by atoms with Crippen LogP contribution in [0.2, 0.25) is 0 Å². The van der Waals surface area contributed by atoms with Crippen molar-refractivity contribution < 1.29 is 4.92 Å². The lowest BCUT2D eigenvalue weighted by Crippen LogP contribution is -2.23. The van der Waals surface area contributed by atoms with Crippen LogP contribution in [0, 0.1) is 22.0 Å². The van der Waals surface area contributed by atoms with Crippen molar-refractivity contribution in [2.75, 3.05) is 17.6 Å². The second kappa shape index (κ2) is 11.8. The van der Waals surface area contributed by atoms with Crippen LogP contribution in [0.1, 0.15) is 68.7 Å². The molecular formula is C24H36N6O2. The van der Waals surface area contributed by atoms with Gasteiger partial charge in [-0.05, 0) is 74.5 Å². The van der Waals surface area contributed by atoms with Gasteiger partial charge in [-0.3, -0.25) is 10.1 Å². The summed E-state index contributed by atoms with van der Waals surface area (Å²) < 4.78 is 0. The van der Waals surface area contributed by atoms with Gasteiger partial charge in [-0.1, -0.05) is 44.0 Å². The molecule has 0 saturated heterocycles. The van der Waals surface area contributed by atoms with Crippen LogP contribution in [-0.2, 0) is 19.4 Å². The summed E-state index contributed by atoms with van der Waals surface area (Å²) in [6, 6.07) is 8.50. The van der Waals surface area contributed by atoms with Crippen molar-refractivity contribution in [3.05, 3.63) is 51.2 Å². The predicted octanol–water partition coefficient (Wildman–Crippen LogP) is 4.62. The summed E-state index contributed by atoms with van der Waals surface area (Å²) in [4.78, 5) is 19.8. The van der Waals surface area contributed by atoms with Gasteiger partial charge >= 0.3 is 5.69 Å². The number of nitrogens with zero attached hydrogens (tertiary/aromatic N) is 3. The zero-order chi connectivity index (χ0) is 22.9. The first-order chi connectivity index (χ1) is 15.5. The summed E-state index contributed by atoms with van der Waals surface area (Å²) in [7, 11) is 0. The summed E-state index contributed by atoms with van der Waals surface area (Å²) in [6.07, 6.45) is 9.47. The van der Waals surface area contributed by atoms with E-state index >= 15 is 0 Å². The fraction of sp³-hybridized carbons (Fsp3) is 0.583. The van der Waals surface area contributed by atoms with E-state index in [1.54, 1.807) is 0 Å². The first-order valence-corrected chi connectivity index (χ1v) is 11.8. The van der Waals surface area contributed by atoms with E-state index in [-0.39, 0.29) is 11.5 Å². The number of benzene rings is 1. The lowest BCUT2D eigenvalue weighted by atomic mass is 9.80. The van der Waals surface area contributed by atoms with Crippen LogP contribution < -0.4 is 16.8 Å². The number of aromatic nitrogens is 2. The van der Waals surface area contributed by atoms with Gasteiger partial charge in [-0.15, -0.1) is 0 Å². The van der Waals surface area contributed by atoms with Crippen molar-refractivity contribution in [2.45, 2.75) is 71.3 Å². The Labute approximate surface area is 190 Å². The van der Waals surface area contributed by atoms with Crippen LogP contribution in [-0.4, -0.2) is 21.4 Å². The van der Waals surface area contributed by atoms with E-state index in [0.717, 1.165) is 37.7 Å². The molecule has 1 aliphatic carbocycles. The topological polar surface area (TPSA) is 133 Å². The van der Waals surface area contributed by atoms with Crippen LogP contribution in [0.15, 0.2) is 24.3 Å². The Morgan fingerprint density at radius 3 is 2.34 bits per heavy atom. The molecule has 5 N–H and O–H groups in total. The fourth-order valence-electron chi connectivity index (χ4n) is 4.47. The van der Waals surface area contributed by atoms with Crippen LogP contribution in [0.25, 0.3) is 0 Å². The Balaban J connectivity index is 1.66. The molecule has 1 aromatic heterocycles. The normalized spacial score (nSPS) is 18.4. The van der Waals surface area contributed by atoms with Crippen molar-refractivity contribution in [2.24, 2.45) is 17.6 Å². The summed E-state index contributed by atoms with van der Waals surface area (Å²) in [5, 5.41) is 14.8. The van der Waals surface area contributed by atoms with Crippen LogP contribution >= 0.6 is 0 Å². The smallest absolute Gasteiger partial charge is 0.332 e. The summed E-state index contributed by atoms with van der Waals surface area (Å²) in [6.45, 7) is 3.45. The standard InChI is InChI=1S/C24H36N6O2/c1-2-3-4-5-17-6-12-20(13-7-17)16-27-24-28-21(22(30(31)32)23(26)29-24)14-18-8-10-19(15-25)11-9-18/h6-7,12-13,18-19H,2-5,8-11,14-16,25H2,1H3,(H3,26,27,28,29). The van der Waals surface area contributed by atoms with E-state index in [9.17, 15) is 10.1 Å². The van der Waals surface area contributed by atoms with Crippen molar-refractivity contribution in [3.8, 4) is 0 Å². The van der Waals surface area contributed by atoms with Gasteiger partial charge in [0.1, 0.15) is 5.69 Å². The molecule has 1 heterocycles. The highest BCUT2D eigenvalue weighted by Gasteiger charge is 2.27. The Hall–Kier alpha value is -2.74. The Kier molecular flexibility index (Phi) is 8.79. The number of nitrogens with one attached hydrogen (secondary N) is 1. The molecule has 1 aromatic carbocycles. The maximum absolute atomic E-state index is 11.6. The third-order valence-corrected chi connectivity index (χ3v) is 6.49. The highest BCUT2D eigenvalue weighted by molar-refractivity contribution is 5.58. The van der Waals surface area contributed by atoms with Crippen LogP contribution in [0.3, 0.4) is 0 Å². The number of nitrogens with two attached hydrogens (primary N) is 2. The van der Waals surface area contributed by atoms with Gasteiger partial charge in [0.25, 0.3) is 0 Å². The lowest BCUT2D eigenvalue weighted by molar-refractivity contribution is -0.385. The van der Waals surface area contributed by atoms with E-state index < -0.39 is 4.92 Å². The molecule has 0 amide bonds. The van der Waals surface area contributed by atoms with Crippen LogP contribution in [0.5, 0.6) is 0 Å². The monoisotopic (exact) mass is 440 g/mol. The number of aryl methyl sites for hydroxylation is 1. The molecule has 8 nitrogen and oxygen atoms in total.